The molecule has 0 aromatic heterocycles. The van der Waals surface area contributed by atoms with Gasteiger partial charge in [-0.05, 0) is 76.6 Å². The predicted molar refractivity (Wildman–Crippen MR) is 135 cm³/mol. The van der Waals surface area contributed by atoms with E-state index in [4.69, 9.17) is 0 Å². The van der Waals surface area contributed by atoms with Gasteiger partial charge in [0.1, 0.15) is 0 Å². The fourth-order valence-corrected chi connectivity index (χ4v) is 6.34. The minimum atomic E-state index is 0.548. The lowest BCUT2D eigenvalue weighted by Crippen LogP contribution is -2.23. The van der Waals surface area contributed by atoms with E-state index in [9.17, 15) is 0 Å². The molecule has 2 aliphatic carbocycles. The SMILES string of the molecule is CCCC1(CC2=Cc3c(cccc3-c3ccc4ccccc4c3)C2)CCCCCCC1. The van der Waals surface area contributed by atoms with Crippen molar-refractivity contribution in [2.75, 3.05) is 0 Å². The third-order valence-electron chi connectivity index (χ3n) is 7.82. The second-order valence-corrected chi connectivity index (χ2v) is 10.1. The maximum Gasteiger partial charge on any atom is -0.00574 e. The molecule has 3 aromatic carbocycles. The van der Waals surface area contributed by atoms with Crippen LogP contribution < -0.4 is 0 Å². The van der Waals surface area contributed by atoms with E-state index in [2.05, 4.69) is 73.7 Å². The van der Waals surface area contributed by atoms with Gasteiger partial charge in [-0.3, -0.25) is 0 Å². The zero-order valence-electron chi connectivity index (χ0n) is 19.1. The van der Waals surface area contributed by atoms with Gasteiger partial charge >= 0.3 is 0 Å². The lowest BCUT2D eigenvalue weighted by Gasteiger charge is -2.36. The zero-order chi connectivity index (χ0) is 21.1. The number of benzene rings is 3. The minimum absolute atomic E-state index is 0.548. The summed E-state index contributed by atoms with van der Waals surface area (Å²) in [4.78, 5) is 0. The summed E-state index contributed by atoms with van der Waals surface area (Å²) in [5.74, 6) is 0. The molecule has 3 aromatic rings. The van der Waals surface area contributed by atoms with Gasteiger partial charge in [-0.1, -0.05) is 112 Å². The van der Waals surface area contributed by atoms with Crippen LogP contribution in [0.1, 0.15) is 82.3 Å². The van der Waals surface area contributed by atoms with Crippen LogP contribution in [0.2, 0.25) is 0 Å². The first-order chi connectivity index (χ1) is 15.3. The van der Waals surface area contributed by atoms with Gasteiger partial charge in [0, 0.05) is 0 Å². The molecule has 5 rings (SSSR count). The molecule has 0 aliphatic heterocycles. The Kier molecular flexibility index (Phi) is 5.99. The van der Waals surface area contributed by atoms with Gasteiger partial charge < -0.3 is 0 Å². The van der Waals surface area contributed by atoms with E-state index >= 15 is 0 Å². The molecule has 0 bridgehead atoms. The van der Waals surface area contributed by atoms with Crippen molar-refractivity contribution < 1.29 is 0 Å². The van der Waals surface area contributed by atoms with Crippen LogP contribution in [0.5, 0.6) is 0 Å². The number of fused-ring (bicyclic) bond motifs is 2. The molecule has 0 atom stereocenters. The highest BCUT2D eigenvalue weighted by Crippen LogP contribution is 2.46. The second-order valence-electron chi connectivity index (χ2n) is 10.1. The highest BCUT2D eigenvalue weighted by atomic mass is 14.4. The fourth-order valence-electron chi connectivity index (χ4n) is 6.34. The number of hydrogen-bond acceptors (Lipinski definition) is 0. The van der Waals surface area contributed by atoms with E-state index in [0.717, 1.165) is 6.42 Å². The van der Waals surface area contributed by atoms with Crippen LogP contribution >= 0.6 is 0 Å². The summed E-state index contributed by atoms with van der Waals surface area (Å²) < 4.78 is 0. The summed E-state index contributed by atoms with van der Waals surface area (Å²) in [6.07, 6.45) is 17.8. The Morgan fingerprint density at radius 3 is 2.35 bits per heavy atom. The van der Waals surface area contributed by atoms with Crippen molar-refractivity contribution >= 4 is 16.8 Å². The van der Waals surface area contributed by atoms with Crippen LogP contribution in [-0.4, -0.2) is 0 Å². The first kappa shape index (κ1) is 20.6. The minimum Gasteiger partial charge on any atom is -0.0654 e. The Morgan fingerprint density at radius 2 is 1.55 bits per heavy atom. The number of hydrogen-bond donors (Lipinski definition) is 0. The van der Waals surface area contributed by atoms with Gasteiger partial charge in [0.2, 0.25) is 0 Å². The maximum atomic E-state index is 2.57. The molecule has 0 spiro atoms. The lowest BCUT2D eigenvalue weighted by atomic mass is 9.69. The van der Waals surface area contributed by atoms with Gasteiger partial charge in [0.25, 0.3) is 0 Å². The van der Waals surface area contributed by atoms with E-state index in [1.54, 1.807) is 5.57 Å². The largest absolute Gasteiger partial charge is 0.0654 e. The molecular formula is C31H36. The third-order valence-corrected chi connectivity index (χ3v) is 7.82. The zero-order valence-corrected chi connectivity index (χ0v) is 19.1. The van der Waals surface area contributed by atoms with Crippen molar-refractivity contribution in [2.24, 2.45) is 5.41 Å². The molecule has 0 heterocycles. The second kappa shape index (κ2) is 9.03. The quantitative estimate of drug-likeness (QED) is 0.394. The molecule has 160 valence electrons. The Morgan fingerprint density at radius 1 is 0.774 bits per heavy atom. The molecule has 0 amide bonds. The van der Waals surface area contributed by atoms with Crippen LogP contribution in [-0.2, 0) is 6.42 Å². The van der Waals surface area contributed by atoms with Crippen molar-refractivity contribution in [3.63, 3.8) is 0 Å². The van der Waals surface area contributed by atoms with Crippen LogP contribution in [0.25, 0.3) is 28.0 Å². The summed E-state index contributed by atoms with van der Waals surface area (Å²) in [5.41, 5.74) is 7.98. The standard InChI is InChI=1S/C31H36/c1-2-17-31(18-8-4-3-5-9-19-31)23-24-20-27-13-10-14-29(30(27)21-24)28-16-15-25-11-6-7-12-26(25)22-28/h6-7,10-16,21-22H,2-5,8-9,17-20,23H2,1H3. The third kappa shape index (κ3) is 4.36. The monoisotopic (exact) mass is 408 g/mol. The van der Waals surface area contributed by atoms with Gasteiger partial charge in [0.15, 0.2) is 0 Å². The van der Waals surface area contributed by atoms with E-state index < -0.39 is 0 Å². The number of rotatable bonds is 5. The molecule has 0 saturated heterocycles. The molecule has 1 saturated carbocycles. The van der Waals surface area contributed by atoms with Gasteiger partial charge in [-0.15, -0.1) is 0 Å². The van der Waals surface area contributed by atoms with Crippen molar-refractivity contribution in [1.82, 2.24) is 0 Å². The fraction of sp³-hybridized carbons (Fsp3) is 0.419. The topological polar surface area (TPSA) is 0 Å². The van der Waals surface area contributed by atoms with E-state index in [1.807, 2.05) is 0 Å². The van der Waals surface area contributed by atoms with E-state index in [0.29, 0.717) is 5.41 Å². The molecule has 0 radical (unpaired) electrons. The van der Waals surface area contributed by atoms with Crippen molar-refractivity contribution in [3.05, 3.63) is 77.4 Å². The summed E-state index contributed by atoms with van der Waals surface area (Å²) in [7, 11) is 0. The van der Waals surface area contributed by atoms with Crippen LogP contribution in [0, 0.1) is 5.41 Å². The first-order valence-electron chi connectivity index (χ1n) is 12.6. The van der Waals surface area contributed by atoms with E-state index in [1.165, 1.54) is 97.2 Å². The van der Waals surface area contributed by atoms with E-state index in [-0.39, 0.29) is 0 Å². The van der Waals surface area contributed by atoms with Crippen molar-refractivity contribution in [1.29, 1.82) is 0 Å². The summed E-state index contributed by atoms with van der Waals surface area (Å²) >= 11 is 0. The summed E-state index contributed by atoms with van der Waals surface area (Å²) in [6.45, 7) is 2.39. The number of allylic oxidation sites excluding steroid dienone is 1. The average molecular weight is 409 g/mol. The molecule has 0 nitrogen and oxygen atoms in total. The summed E-state index contributed by atoms with van der Waals surface area (Å²) in [6, 6.07) is 22.6. The molecule has 1 fully saturated rings. The van der Waals surface area contributed by atoms with Crippen LogP contribution in [0.4, 0.5) is 0 Å². The van der Waals surface area contributed by atoms with Crippen LogP contribution in [0.3, 0.4) is 0 Å². The van der Waals surface area contributed by atoms with Gasteiger partial charge in [-0.25, -0.2) is 0 Å². The molecule has 0 N–H and O–H groups in total. The molecule has 0 heteroatoms. The smallest absolute Gasteiger partial charge is 0.00574 e. The normalized spacial score (nSPS) is 18.3. The molecule has 0 unspecified atom stereocenters. The van der Waals surface area contributed by atoms with Crippen molar-refractivity contribution in [2.45, 2.75) is 77.6 Å². The first-order valence-corrected chi connectivity index (χ1v) is 12.6. The molecule has 2 aliphatic rings. The molecular weight excluding hydrogens is 372 g/mol. The average Bonchev–Trinajstić information content (AvgIpc) is 3.18. The highest BCUT2D eigenvalue weighted by molar-refractivity contribution is 5.90. The summed E-state index contributed by atoms with van der Waals surface area (Å²) in [5, 5.41) is 2.65. The van der Waals surface area contributed by atoms with Crippen molar-refractivity contribution in [3.8, 4) is 11.1 Å². The molecule has 31 heavy (non-hydrogen) atoms. The Bertz CT molecular complexity index is 1080. The Balaban J connectivity index is 1.46. The van der Waals surface area contributed by atoms with Gasteiger partial charge in [-0.2, -0.15) is 0 Å². The maximum absolute atomic E-state index is 2.57. The lowest BCUT2D eigenvalue weighted by molar-refractivity contribution is 0.187. The van der Waals surface area contributed by atoms with Gasteiger partial charge in [0.05, 0.1) is 0 Å². The Hall–Kier alpha value is -2.34. The van der Waals surface area contributed by atoms with Crippen LogP contribution in [0.15, 0.2) is 66.2 Å². The Labute approximate surface area is 188 Å². The highest BCUT2D eigenvalue weighted by Gasteiger charge is 2.31. The predicted octanol–water partition coefficient (Wildman–Crippen LogP) is 9.37.